The van der Waals surface area contributed by atoms with Crippen molar-refractivity contribution in [1.29, 1.82) is 0 Å². The van der Waals surface area contributed by atoms with Gasteiger partial charge in [-0.3, -0.25) is 0 Å². The molecule has 20 heavy (non-hydrogen) atoms. The van der Waals surface area contributed by atoms with Crippen LogP contribution in [0.2, 0.25) is 0 Å². The summed E-state index contributed by atoms with van der Waals surface area (Å²) < 4.78 is 21.8. The van der Waals surface area contributed by atoms with Crippen molar-refractivity contribution in [2.24, 2.45) is 0 Å². The highest BCUT2D eigenvalue weighted by atomic mass is 16.5. The highest BCUT2D eigenvalue weighted by Crippen LogP contribution is 2.37. The van der Waals surface area contributed by atoms with Crippen LogP contribution in [-0.2, 0) is 13.2 Å². The Bertz CT molecular complexity index is 528. The number of methoxy groups -OCH3 is 2. The maximum Gasteiger partial charge on any atom is 0.203 e. The van der Waals surface area contributed by atoms with Gasteiger partial charge in [-0.05, 0) is 25.2 Å². The van der Waals surface area contributed by atoms with Gasteiger partial charge in [-0.25, -0.2) is 0 Å². The van der Waals surface area contributed by atoms with Crippen molar-refractivity contribution in [3.63, 3.8) is 0 Å². The minimum Gasteiger partial charge on any atom is -0.493 e. The fourth-order valence-corrected chi connectivity index (χ4v) is 1.94. The van der Waals surface area contributed by atoms with Crippen molar-refractivity contribution in [1.82, 2.24) is 5.32 Å². The number of nitrogens with one attached hydrogen (secondary N) is 1. The fraction of sp³-hybridized carbons (Fsp3) is 0.333. The van der Waals surface area contributed by atoms with Gasteiger partial charge in [-0.15, -0.1) is 0 Å². The second-order valence-electron chi connectivity index (χ2n) is 4.18. The lowest BCUT2D eigenvalue weighted by molar-refractivity contribution is 0.241. The molecule has 0 fully saturated rings. The summed E-state index contributed by atoms with van der Waals surface area (Å²) in [5, 5.41) is 3.09. The van der Waals surface area contributed by atoms with Gasteiger partial charge in [0.1, 0.15) is 12.4 Å². The summed E-state index contributed by atoms with van der Waals surface area (Å²) in [5.74, 6) is 2.62. The Balaban J connectivity index is 2.16. The van der Waals surface area contributed by atoms with Gasteiger partial charge in [-0.1, -0.05) is 6.07 Å². The standard InChI is InChI=1S/C15H19NO4/c1-16-9-11-7-8-19-14(11)10-20-15-12(17-2)5-4-6-13(15)18-3/h4-8,16H,9-10H2,1-3H3. The SMILES string of the molecule is CNCc1ccoc1COc1c(OC)cccc1OC. The van der Waals surface area contributed by atoms with Crippen molar-refractivity contribution >= 4 is 0 Å². The van der Waals surface area contributed by atoms with E-state index in [0.29, 0.717) is 23.9 Å². The zero-order valence-corrected chi connectivity index (χ0v) is 11.9. The minimum absolute atomic E-state index is 0.320. The Morgan fingerprint density at radius 2 is 1.80 bits per heavy atom. The molecule has 0 unspecified atom stereocenters. The predicted octanol–water partition coefficient (Wildman–Crippen LogP) is 2.60. The molecule has 0 saturated carbocycles. The summed E-state index contributed by atoms with van der Waals surface area (Å²) in [6.45, 7) is 1.05. The van der Waals surface area contributed by atoms with E-state index in [1.165, 1.54) is 0 Å². The van der Waals surface area contributed by atoms with Crippen LogP contribution in [0.4, 0.5) is 0 Å². The molecule has 108 valence electrons. The van der Waals surface area contributed by atoms with Gasteiger partial charge in [0.25, 0.3) is 0 Å². The first-order valence-corrected chi connectivity index (χ1v) is 6.33. The Hall–Kier alpha value is -2.14. The highest BCUT2D eigenvalue weighted by Gasteiger charge is 2.13. The predicted molar refractivity (Wildman–Crippen MR) is 75.3 cm³/mol. The third kappa shape index (κ3) is 3.05. The summed E-state index contributed by atoms with van der Waals surface area (Å²) in [5.41, 5.74) is 1.07. The number of para-hydroxylation sites is 1. The maximum atomic E-state index is 5.81. The molecule has 5 heteroatoms. The van der Waals surface area contributed by atoms with Gasteiger partial charge in [0.05, 0.1) is 20.5 Å². The summed E-state index contributed by atoms with van der Waals surface area (Å²) in [6, 6.07) is 7.43. The minimum atomic E-state index is 0.320. The molecule has 0 radical (unpaired) electrons. The van der Waals surface area contributed by atoms with Crippen LogP contribution in [0.3, 0.4) is 0 Å². The summed E-state index contributed by atoms with van der Waals surface area (Å²) in [4.78, 5) is 0. The molecule has 0 spiro atoms. The van der Waals surface area contributed by atoms with Crippen LogP contribution in [0.15, 0.2) is 34.9 Å². The molecule has 1 heterocycles. The van der Waals surface area contributed by atoms with E-state index < -0.39 is 0 Å². The highest BCUT2D eigenvalue weighted by molar-refractivity contribution is 5.51. The third-order valence-electron chi connectivity index (χ3n) is 2.94. The zero-order chi connectivity index (χ0) is 14.4. The normalized spacial score (nSPS) is 10.3. The van der Waals surface area contributed by atoms with Gasteiger partial charge >= 0.3 is 0 Å². The van der Waals surface area contributed by atoms with E-state index in [0.717, 1.165) is 17.9 Å². The molecule has 0 saturated heterocycles. The maximum absolute atomic E-state index is 5.81. The Morgan fingerprint density at radius 3 is 2.40 bits per heavy atom. The van der Waals surface area contributed by atoms with Gasteiger partial charge in [0.2, 0.25) is 5.75 Å². The quantitative estimate of drug-likeness (QED) is 0.843. The molecular formula is C15H19NO4. The van der Waals surface area contributed by atoms with E-state index >= 15 is 0 Å². The van der Waals surface area contributed by atoms with E-state index in [2.05, 4.69) is 5.32 Å². The molecule has 1 aromatic carbocycles. The van der Waals surface area contributed by atoms with Crippen LogP contribution in [-0.4, -0.2) is 21.3 Å². The zero-order valence-electron chi connectivity index (χ0n) is 11.9. The van der Waals surface area contributed by atoms with Gasteiger partial charge in [0, 0.05) is 12.1 Å². The molecule has 0 aliphatic rings. The average molecular weight is 277 g/mol. The van der Waals surface area contributed by atoms with Crippen molar-refractivity contribution in [3.05, 3.63) is 41.9 Å². The van der Waals surface area contributed by atoms with E-state index in [1.54, 1.807) is 20.5 Å². The largest absolute Gasteiger partial charge is 0.493 e. The third-order valence-corrected chi connectivity index (χ3v) is 2.94. The second kappa shape index (κ2) is 6.86. The molecule has 2 aromatic rings. The molecule has 0 atom stereocenters. The van der Waals surface area contributed by atoms with Crippen LogP contribution in [0, 0.1) is 0 Å². The van der Waals surface area contributed by atoms with Crippen molar-refractivity contribution < 1.29 is 18.6 Å². The van der Waals surface area contributed by atoms with Crippen LogP contribution >= 0.6 is 0 Å². The fourth-order valence-electron chi connectivity index (χ4n) is 1.94. The molecule has 0 bridgehead atoms. The van der Waals surface area contributed by atoms with E-state index in [-0.39, 0.29) is 0 Å². The molecular weight excluding hydrogens is 258 g/mol. The van der Waals surface area contributed by atoms with E-state index in [9.17, 15) is 0 Å². The Morgan fingerprint density at radius 1 is 1.10 bits per heavy atom. The van der Waals surface area contributed by atoms with E-state index in [1.807, 2.05) is 31.3 Å². The molecule has 5 nitrogen and oxygen atoms in total. The van der Waals surface area contributed by atoms with Crippen LogP contribution < -0.4 is 19.5 Å². The van der Waals surface area contributed by atoms with Gasteiger partial charge in [0.15, 0.2) is 11.5 Å². The topological polar surface area (TPSA) is 52.9 Å². The number of rotatable bonds is 7. The van der Waals surface area contributed by atoms with Crippen LogP contribution in [0.25, 0.3) is 0 Å². The van der Waals surface area contributed by atoms with E-state index in [4.69, 9.17) is 18.6 Å². The summed E-state index contributed by atoms with van der Waals surface area (Å²) in [7, 11) is 5.09. The number of hydrogen-bond donors (Lipinski definition) is 1. The first kappa shape index (κ1) is 14.3. The van der Waals surface area contributed by atoms with Crippen molar-refractivity contribution in [2.45, 2.75) is 13.2 Å². The number of furan rings is 1. The lowest BCUT2D eigenvalue weighted by Crippen LogP contribution is -2.07. The lowest BCUT2D eigenvalue weighted by atomic mass is 10.2. The monoisotopic (exact) mass is 277 g/mol. The molecule has 0 aliphatic heterocycles. The van der Waals surface area contributed by atoms with Crippen LogP contribution in [0.1, 0.15) is 11.3 Å². The average Bonchev–Trinajstić information content (AvgIpc) is 2.92. The number of ether oxygens (including phenoxy) is 3. The van der Waals surface area contributed by atoms with Gasteiger partial charge < -0.3 is 23.9 Å². The Labute approximate surface area is 118 Å². The summed E-state index contributed by atoms with van der Waals surface area (Å²) in [6.07, 6.45) is 1.66. The molecule has 1 N–H and O–H groups in total. The van der Waals surface area contributed by atoms with Crippen molar-refractivity contribution in [2.75, 3.05) is 21.3 Å². The second-order valence-corrected chi connectivity index (χ2v) is 4.18. The first-order chi connectivity index (χ1) is 9.80. The number of benzene rings is 1. The molecule has 0 aliphatic carbocycles. The van der Waals surface area contributed by atoms with Gasteiger partial charge in [-0.2, -0.15) is 0 Å². The Kier molecular flexibility index (Phi) is 4.90. The molecule has 0 amide bonds. The smallest absolute Gasteiger partial charge is 0.203 e. The number of hydrogen-bond acceptors (Lipinski definition) is 5. The molecule has 2 rings (SSSR count). The lowest BCUT2D eigenvalue weighted by Gasteiger charge is -2.13. The molecule has 1 aromatic heterocycles. The summed E-state index contributed by atoms with van der Waals surface area (Å²) >= 11 is 0. The first-order valence-electron chi connectivity index (χ1n) is 6.33. The van der Waals surface area contributed by atoms with Crippen molar-refractivity contribution in [3.8, 4) is 17.2 Å². The van der Waals surface area contributed by atoms with Crippen LogP contribution in [0.5, 0.6) is 17.2 Å².